The molecule has 2 heterocycles. The first-order valence-corrected chi connectivity index (χ1v) is 10.0. The number of rotatable bonds is 6. The van der Waals surface area contributed by atoms with Crippen LogP contribution in [0.25, 0.3) is 0 Å². The third kappa shape index (κ3) is 4.42. The van der Waals surface area contributed by atoms with Crippen LogP contribution in [0.15, 0.2) is 5.38 Å². The van der Waals surface area contributed by atoms with Crippen LogP contribution in [0.4, 0.5) is 5.00 Å². The van der Waals surface area contributed by atoms with Gasteiger partial charge in [0.05, 0.1) is 38.3 Å². The monoisotopic (exact) mass is 380 g/mol. The minimum atomic E-state index is -0.353. The number of amides is 2. The summed E-state index contributed by atoms with van der Waals surface area (Å²) in [5.41, 5.74) is 1.54. The summed E-state index contributed by atoms with van der Waals surface area (Å²) in [5, 5.41) is 5.48. The summed E-state index contributed by atoms with van der Waals surface area (Å²) in [6.07, 6.45) is 2.17. The van der Waals surface area contributed by atoms with Crippen molar-refractivity contribution >= 4 is 34.1 Å². The SMILES string of the molecule is CCOC(=O)c1c(C2CC2)csc1NC(=O)C[NH+]1CCN(C(C)=O)CC1. The maximum absolute atomic E-state index is 12.5. The van der Waals surface area contributed by atoms with Crippen LogP contribution in [0.3, 0.4) is 0 Å². The van der Waals surface area contributed by atoms with E-state index in [-0.39, 0.29) is 17.8 Å². The summed E-state index contributed by atoms with van der Waals surface area (Å²) in [6, 6.07) is 0. The van der Waals surface area contributed by atoms with E-state index in [0.717, 1.165) is 36.4 Å². The lowest BCUT2D eigenvalue weighted by atomic mass is 10.1. The van der Waals surface area contributed by atoms with Gasteiger partial charge >= 0.3 is 5.97 Å². The van der Waals surface area contributed by atoms with Gasteiger partial charge in [-0.05, 0) is 36.6 Å². The number of ether oxygens (including phenoxy) is 1. The van der Waals surface area contributed by atoms with E-state index < -0.39 is 0 Å². The zero-order chi connectivity index (χ0) is 18.7. The third-order valence-corrected chi connectivity index (χ3v) is 5.81. The number of carbonyl (C=O) groups excluding carboxylic acids is 3. The van der Waals surface area contributed by atoms with Crippen LogP contribution in [-0.4, -0.2) is 62.0 Å². The molecule has 1 aliphatic carbocycles. The molecule has 0 unspecified atom stereocenters. The van der Waals surface area contributed by atoms with Crippen LogP contribution in [0, 0.1) is 0 Å². The van der Waals surface area contributed by atoms with E-state index in [9.17, 15) is 14.4 Å². The standard InChI is InChI=1S/C18H25N3O4S/c1-3-25-18(24)16-14(13-4-5-13)11-26-17(16)19-15(23)10-20-6-8-21(9-7-20)12(2)22/h11,13H,3-10H2,1-2H3,(H,19,23)/p+1. The van der Waals surface area contributed by atoms with Crippen molar-refractivity contribution in [3.63, 3.8) is 0 Å². The fraction of sp³-hybridized carbons (Fsp3) is 0.611. The van der Waals surface area contributed by atoms with Crippen molar-refractivity contribution in [3.8, 4) is 0 Å². The molecule has 2 fully saturated rings. The van der Waals surface area contributed by atoms with Crippen molar-refractivity contribution in [3.05, 3.63) is 16.5 Å². The maximum Gasteiger partial charge on any atom is 0.341 e. The molecule has 7 nitrogen and oxygen atoms in total. The molecule has 26 heavy (non-hydrogen) atoms. The Morgan fingerprint density at radius 1 is 1.31 bits per heavy atom. The Hall–Kier alpha value is -1.93. The molecule has 0 spiro atoms. The predicted molar refractivity (Wildman–Crippen MR) is 98.7 cm³/mol. The van der Waals surface area contributed by atoms with Crippen LogP contribution in [-0.2, 0) is 14.3 Å². The van der Waals surface area contributed by atoms with E-state index >= 15 is 0 Å². The van der Waals surface area contributed by atoms with Crippen molar-refractivity contribution in [1.82, 2.24) is 4.90 Å². The van der Waals surface area contributed by atoms with Gasteiger partial charge in [0.2, 0.25) is 5.91 Å². The molecule has 1 saturated carbocycles. The molecular formula is C18H26N3O4S+. The van der Waals surface area contributed by atoms with Crippen LogP contribution in [0.5, 0.6) is 0 Å². The Balaban J connectivity index is 1.61. The highest BCUT2D eigenvalue weighted by Gasteiger charge is 2.33. The molecule has 2 N–H and O–H groups in total. The summed E-state index contributed by atoms with van der Waals surface area (Å²) in [4.78, 5) is 39.1. The van der Waals surface area contributed by atoms with E-state index in [1.807, 2.05) is 5.38 Å². The van der Waals surface area contributed by atoms with E-state index in [1.54, 1.807) is 18.7 Å². The topological polar surface area (TPSA) is 80.2 Å². The second-order valence-electron chi connectivity index (χ2n) is 6.87. The molecule has 2 aliphatic rings. The molecule has 2 amide bonds. The number of nitrogens with zero attached hydrogens (tertiary/aromatic N) is 1. The first kappa shape index (κ1) is 18.8. The summed E-state index contributed by atoms with van der Waals surface area (Å²) in [7, 11) is 0. The molecule has 1 aromatic rings. The van der Waals surface area contributed by atoms with Gasteiger partial charge in [-0.15, -0.1) is 11.3 Å². The Morgan fingerprint density at radius 2 is 2.00 bits per heavy atom. The van der Waals surface area contributed by atoms with Crippen LogP contribution < -0.4 is 10.2 Å². The Labute approximate surface area is 157 Å². The molecule has 0 bridgehead atoms. The molecule has 1 aromatic heterocycles. The molecule has 0 atom stereocenters. The average molecular weight is 380 g/mol. The van der Waals surface area contributed by atoms with E-state index in [0.29, 0.717) is 42.7 Å². The minimum Gasteiger partial charge on any atom is -0.462 e. The smallest absolute Gasteiger partial charge is 0.341 e. The number of anilines is 1. The van der Waals surface area contributed by atoms with Gasteiger partial charge in [-0.1, -0.05) is 0 Å². The van der Waals surface area contributed by atoms with Gasteiger partial charge in [-0.2, -0.15) is 0 Å². The number of hydrogen-bond donors (Lipinski definition) is 2. The first-order chi connectivity index (χ1) is 12.5. The molecule has 0 aromatic carbocycles. The third-order valence-electron chi connectivity index (χ3n) is 4.90. The fourth-order valence-corrected chi connectivity index (χ4v) is 4.33. The summed E-state index contributed by atoms with van der Waals surface area (Å²) in [5.74, 6) is 0.0414. The van der Waals surface area contributed by atoms with E-state index in [4.69, 9.17) is 4.74 Å². The van der Waals surface area contributed by atoms with Gasteiger partial charge in [0.25, 0.3) is 5.91 Å². The number of piperazine rings is 1. The van der Waals surface area contributed by atoms with Gasteiger partial charge in [0, 0.05) is 6.92 Å². The van der Waals surface area contributed by atoms with Crippen molar-refractivity contribution in [2.45, 2.75) is 32.6 Å². The normalized spacial score (nSPS) is 17.8. The molecule has 3 rings (SSSR count). The Bertz CT molecular complexity index is 691. The number of carbonyl (C=O) groups is 3. The van der Waals surface area contributed by atoms with Crippen molar-refractivity contribution in [2.75, 3.05) is 44.6 Å². The largest absolute Gasteiger partial charge is 0.462 e. The number of thiophene rings is 1. The average Bonchev–Trinajstić information content (AvgIpc) is 3.36. The summed E-state index contributed by atoms with van der Waals surface area (Å²) < 4.78 is 5.19. The number of esters is 1. The molecule has 8 heteroatoms. The van der Waals surface area contributed by atoms with Crippen LogP contribution >= 0.6 is 11.3 Å². The second-order valence-corrected chi connectivity index (χ2v) is 7.75. The van der Waals surface area contributed by atoms with Crippen molar-refractivity contribution in [1.29, 1.82) is 0 Å². The second kappa shape index (κ2) is 8.18. The zero-order valence-corrected chi connectivity index (χ0v) is 16.1. The van der Waals surface area contributed by atoms with Gasteiger partial charge in [-0.3, -0.25) is 9.59 Å². The van der Waals surface area contributed by atoms with Crippen molar-refractivity contribution in [2.24, 2.45) is 0 Å². The fourth-order valence-electron chi connectivity index (χ4n) is 3.28. The molecule has 1 saturated heterocycles. The lowest BCUT2D eigenvalue weighted by Crippen LogP contribution is -3.15. The Kier molecular flexibility index (Phi) is 5.93. The highest BCUT2D eigenvalue weighted by Crippen LogP contribution is 2.46. The van der Waals surface area contributed by atoms with Gasteiger partial charge in [-0.25, -0.2) is 4.79 Å². The first-order valence-electron chi connectivity index (χ1n) is 9.17. The lowest BCUT2D eigenvalue weighted by molar-refractivity contribution is -0.895. The van der Waals surface area contributed by atoms with Crippen LogP contribution in [0.2, 0.25) is 0 Å². The lowest BCUT2D eigenvalue weighted by Gasteiger charge is -2.31. The van der Waals surface area contributed by atoms with Gasteiger partial charge in [0.15, 0.2) is 6.54 Å². The van der Waals surface area contributed by atoms with E-state index in [2.05, 4.69) is 5.32 Å². The number of hydrogen-bond acceptors (Lipinski definition) is 5. The van der Waals surface area contributed by atoms with Crippen LogP contribution in [0.1, 0.15) is 48.5 Å². The quantitative estimate of drug-likeness (QED) is 0.704. The molecule has 0 radical (unpaired) electrons. The maximum atomic E-state index is 12.5. The summed E-state index contributed by atoms with van der Waals surface area (Å²) in [6.45, 7) is 6.88. The highest BCUT2D eigenvalue weighted by molar-refractivity contribution is 7.15. The van der Waals surface area contributed by atoms with Crippen molar-refractivity contribution < 1.29 is 24.0 Å². The molecular weight excluding hydrogens is 354 g/mol. The minimum absolute atomic E-state index is 0.0822. The van der Waals surface area contributed by atoms with Gasteiger partial charge in [0.1, 0.15) is 5.00 Å². The number of quaternary nitrogens is 1. The van der Waals surface area contributed by atoms with E-state index in [1.165, 1.54) is 11.3 Å². The predicted octanol–water partition coefficient (Wildman–Crippen LogP) is 0.488. The van der Waals surface area contributed by atoms with Gasteiger partial charge < -0.3 is 19.9 Å². The molecule has 142 valence electrons. The Morgan fingerprint density at radius 3 is 2.58 bits per heavy atom. The number of nitrogens with one attached hydrogen (secondary N) is 2. The molecule has 1 aliphatic heterocycles. The zero-order valence-electron chi connectivity index (χ0n) is 15.3. The highest BCUT2D eigenvalue weighted by atomic mass is 32.1. The summed E-state index contributed by atoms with van der Waals surface area (Å²) >= 11 is 1.40.